The maximum absolute atomic E-state index is 13.1. The monoisotopic (exact) mass is 480 g/mol. The Hall–Kier alpha value is -3.28. The Labute approximate surface area is 189 Å². The van der Waals surface area contributed by atoms with Crippen LogP contribution in [-0.4, -0.2) is 41.9 Å². The number of hydrogen-bond acceptors (Lipinski definition) is 6. The summed E-state index contributed by atoms with van der Waals surface area (Å²) in [6.07, 6.45) is -0.262. The number of benzene rings is 1. The summed E-state index contributed by atoms with van der Waals surface area (Å²) in [4.78, 5) is 21.1. The first-order valence-corrected chi connectivity index (χ1v) is 12.0. The first-order chi connectivity index (χ1) is 15.4. The maximum Gasteiger partial charge on any atom is 0.416 e. The number of aryl methyl sites for hydroxylation is 1. The highest BCUT2D eigenvalue weighted by atomic mass is 32.2. The number of amides is 1. The predicted molar refractivity (Wildman–Crippen MR) is 118 cm³/mol. The van der Waals surface area contributed by atoms with Crippen LogP contribution in [0, 0.1) is 6.92 Å². The van der Waals surface area contributed by atoms with Crippen molar-refractivity contribution in [3.63, 3.8) is 0 Å². The second kappa shape index (κ2) is 9.30. The van der Waals surface area contributed by atoms with Crippen molar-refractivity contribution in [3.05, 3.63) is 65.4 Å². The number of halogens is 3. The molecule has 0 bridgehead atoms. The maximum atomic E-state index is 13.1. The van der Waals surface area contributed by atoms with Crippen molar-refractivity contribution in [2.75, 3.05) is 12.0 Å². The Morgan fingerprint density at radius 3 is 2.58 bits per heavy atom. The predicted octanol–water partition coefficient (Wildman–Crippen LogP) is 4.23. The number of nitrogens with one attached hydrogen (secondary N) is 1. The highest BCUT2D eigenvalue weighted by Gasteiger charge is 2.31. The molecule has 1 amide bonds. The molecule has 33 heavy (non-hydrogen) atoms. The fourth-order valence-electron chi connectivity index (χ4n) is 2.99. The van der Waals surface area contributed by atoms with Crippen molar-refractivity contribution in [2.45, 2.75) is 33.0 Å². The van der Waals surface area contributed by atoms with Gasteiger partial charge in [-0.05, 0) is 49.7 Å². The Morgan fingerprint density at radius 2 is 1.97 bits per heavy atom. The van der Waals surface area contributed by atoms with Gasteiger partial charge in [0.2, 0.25) is 0 Å². The summed E-state index contributed by atoms with van der Waals surface area (Å²) in [5, 5.41) is 6.78. The van der Waals surface area contributed by atoms with Crippen LogP contribution in [0.4, 0.5) is 18.9 Å². The lowest BCUT2D eigenvalue weighted by Gasteiger charge is -2.16. The van der Waals surface area contributed by atoms with E-state index in [0.29, 0.717) is 28.6 Å². The van der Waals surface area contributed by atoms with Crippen molar-refractivity contribution in [1.82, 2.24) is 25.1 Å². The third-order valence-corrected chi connectivity index (χ3v) is 6.43. The first-order valence-electron chi connectivity index (χ1n) is 9.95. The molecule has 0 aliphatic carbocycles. The van der Waals surface area contributed by atoms with E-state index < -0.39 is 33.4 Å². The molecule has 2 aromatic heterocycles. The summed E-state index contributed by atoms with van der Waals surface area (Å²) in [6.45, 7) is 4.91. The number of aromatic nitrogens is 4. The molecular formula is C21H23F3N6O2S. The molecule has 2 atom stereocenters. The molecule has 0 fully saturated rings. The summed E-state index contributed by atoms with van der Waals surface area (Å²) < 4.78 is 57.0. The van der Waals surface area contributed by atoms with Gasteiger partial charge in [0.15, 0.2) is 11.6 Å². The van der Waals surface area contributed by atoms with Crippen LogP contribution in [0.25, 0.3) is 5.82 Å². The molecule has 12 heteroatoms. The van der Waals surface area contributed by atoms with Crippen molar-refractivity contribution < 1.29 is 22.2 Å². The number of pyridine rings is 1. The van der Waals surface area contributed by atoms with E-state index in [-0.39, 0.29) is 5.56 Å². The van der Waals surface area contributed by atoms with Gasteiger partial charge < -0.3 is 5.32 Å². The number of alkyl halides is 3. The molecule has 3 aromatic rings. The van der Waals surface area contributed by atoms with E-state index in [1.165, 1.54) is 30.2 Å². The minimum Gasteiger partial charge on any atom is -0.342 e. The van der Waals surface area contributed by atoms with Crippen LogP contribution in [-0.2, 0) is 15.9 Å². The molecule has 1 N–H and O–H groups in total. The number of carbonyl (C=O) groups excluding carboxylic acids is 1. The van der Waals surface area contributed by atoms with Crippen LogP contribution >= 0.6 is 0 Å². The Bertz CT molecular complexity index is 1280. The van der Waals surface area contributed by atoms with E-state index in [9.17, 15) is 22.2 Å². The number of carbonyl (C=O) groups is 1. The fourth-order valence-corrected chi connectivity index (χ4v) is 3.67. The van der Waals surface area contributed by atoms with Crippen LogP contribution in [0.5, 0.6) is 0 Å². The molecule has 0 aliphatic rings. The average Bonchev–Trinajstić information content (AvgIpc) is 3.23. The van der Waals surface area contributed by atoms with Crippen molar-refractivity contribution in [3.8, 4) is 5.82 Å². The highest BCUT2D eigenvalue weighted by Crippen LogP contribution is 2.30. The molecule has 0 aliphatic heterocycles. The van der Waals surface area contributed by atoms with Gasteiger partial charge in [0.05, 0.1) is 23.5 Å². The van der Waals surface area contributed by atoms with Gasteiger partial charge in [0.25, 0.3) is 5.91 Å². The molecule has 2 heterocycles. The lowest BCUT2D eigenvalue weighted by Crippen LogP contribution is -2.29. The minimum atomic E-state index is -4.56. The van der Waals surface area contributed by atoms with E-state index in [1.54, 1.807) is 32.2 Å². The van der Waals surface area contributed by atoms with E-state index in [0.717, 1.165) is 12.1 Å². The van der Waals surface area contributed by atoms with Gasteiger partial charge in [-0.15, -0.1) is 0 Å². The third-order valence-electron chi connectivity index (χ3n) is 4.76. The Kier molecular flexibility index (Phi) is 6.86. The van der Waals surface area contributed by atoms with Crippen molar-refractivity contribution >= 4 is 21.3 Å². The largest absolute Gasteiger partial charge is 0.416 e. The smallest absolute Gasteiger partial charge is 0.342 e. The van der Waals surface area contributed by atoms with E-state index >= 15 is 0 Å². The molecule has 176 valence electrons. The van der Waals surface area contributed by atoms with E-state index in [2.05, 4.69) is 24.7 Å². The number of hydrogen-bond donors (Lipinski definition) is 1. The van der Waals surface area contributed by atoms with Crippen molar-refractivity contribution in [1.29, 1.82) is 0 Å². The van der Waals surface area contributed by atoms with E-state index in [1.807, 2.05) is 0 Å². The van der Waals surface area contributed by atoms with Gasteiger partial charge in [0.1, 0.15) is 6.33 Å². The molecule has 0 saturated heterocycles. The molecule has 8 nitrogen and oxygen atoms in total. The molecule has 0 spiro atoms. The second-order valence-electron chi connectivity index (χ2n) is 7.52. The average molecular weight is 481 g/mol. The van der Waals surface area contributed by atoms with Crippen LogP contribution in [0.3, 0.4) is 0 Å². The van der Waals surface area contributed by atoms with Gasteiger partial charge in [-0.2, -0.15) is 27.3 Å². The molecule has 1 unspecified atom stereocenters. The second-order valence-corrected chi connectivity index (χ2v) is 10.2. The zero-order valence-corrected chi connectivity index (χ0v) is 19.2. The van der Waals surface area contributed by atoms with Crippen LogP contribution in [0.1, 0.15) is 47.2 Å². The van der Waals surface area contributed by atoms with E-state index in [4.69, 9.17) is 0 Å². The summed E-state index contributed by atoms with van der Waals surface area (Å²) in [5.74, 6) is 0.448. The topological polar surface area (TPSA) is 102 Å². The number of nitrogens with zero attached hydrogens (tertiary/aromatic N) is 5. The highest BCUT2D eigenvalue weighted by molar-refractivity contribution is 7.93. The van der Waals surface area contributed by atoms with Crippen LogP contribution < -0.4 is 5.32 Å². The first kappa shape index (κ1) is 24.4. The summed E-state index contributed by atoms with van der Waals surface area (Å²) in [5.41, 5.74) is -0.226. The van der Waals surface area contributed by atoms with Gasteiger partial charge >= 0.3 is 6.18 Å². The van der Waals surface area contributed by atoms with Gasteiger partial charge in [-0.25, -0.2) is 14.2 Å². The molecule has 0 saturated carbocycles. The minimum absolute atomic E-state index is 0.108. The third kappa shape index (κ3) is 5.95. The Balaban J connectivity index is 1.83. The summed E-state index contributed by atoms with van der Waals surface area (Å²) in [6, 6.07) is 5.75. The Morgan fingerprint density at radius 1 is 1.24 bits per heavy atom. The standard InChI is InChI=1S/C21H23F3N6O2S/c1-5-33(4,32)29-17-6-7-18(25-11-17)30-19(26-12-27-30)14(3)28-20(31)15-8-13(2)9-16(10-15)21(22,23)24/h6-12,14H,5H2,1-4H3,(H,28,31)/t14-,33?/m0/s1. The molecule has 1 aromatic carbocycles. The molecule has 0 radical (unpaired) electrons. The van der Waals surface area contributed by atoms with Crippen LogP contribution in [0.2, 0.25) is 0 Å². The van der Waals surface area contributed by atoms with Gasteiger partial charge in [-0.3, -0.25) is 4.79 Å². The van der Waals surface area contributed by atoms with Crippen LogP contribution in [0.15, 0.2) is 47.2 Å². The molecule has 3 rings (SSSR count). The zero-order chi connectivity index (χ0) is 24.4. The SMILES string of the molecule is CCS(C)(=O)=Nc1ccc(-n2ncnc2[C@H](C)NC(=O)c2cc(C)cc(C(F)(F)F)c2)nc1. The van der Waals surface area contributed by atoms with Gasteiger partial charge in [0, 0.05) is 27.3 Å². The summed E-state index contributed by atoms with van der Waals surface area (Å²) in [7, 11) is -2.33. The van der Waals surface area contributed by atoms with Gasteiger partial charge in [-0.1, -0.05) is 6.92 Å². The fraction of sp³-hybridized carbons (Fsp3) is 0.333. The molecular weight excluding hydrogens is 457 g/mol. The quantitative estimate of drug-likeness (QED) is 0.569. The summed E-state index contributed by atoms with van der Waals surface area (Å²) >= 11 is 0. The normalized spacial score (nSPS) is 14.4. The van der Waals surface area contributed by atoms with Crippen molar-refractivity contribution in [2.24, 2.45) is 4.36 Å². The zero-order valence-electron chi connectivity index (χ0n) is 18.4. The number of rotatable bonds is 6. The lowest BCUT2D eigenvalue weighted by atomic mass is 10.1. The lowest BCUT2D eigenvalue weighted by molar-refractivity contribution is -0.137.